The number of hydrogen-bond donors (Lipinski definition) is 2. The number of aryl methyl sites for hydroxylation is 1. The molecule has 0 radical (unpaired) electrons. The number of rotatable bonds is 3. The van der Waals surface area contributed by atoms with Crippen LogP contribution in [-0.4, -0.2) is 18.3 Å². The zero-order valence-electron chi connectivity index (χ0n) is 8.90. The molecule has 15 heavy (non-hydrogen) atoms. The van der Waals surface area contributed by atoms with Crippen molar-refractivity contribution in [3.8, 4) is 0 Å². The fourth-order valence-electron chi connectivity index (χ4n) is 1.22. The lowest BCUT2D eigenvalue weighted by Crippen LogP contribution is -2.28. The molecule has 0 saturated carbocycles. The van der Waals surface area contributed by atoms with Crippen LogP contribution in [-0.2, 0) is 4.79 Å². The minimum absolute atomic E-state index is 0.277. The maximum Gasteiger partial charge on any atom is 0.169 e. The lowest BCUT2D eigenvalue weighted by Gasteiger charge is -2.14. The Morgan fingerprint density at radius 1 is 1.33 bits per heavy atom. The predicted octanol–water partition coefficient (Wildman–Crippen LogP) is 0.627. The molecule has 0 fully saturated rings. The van der Waals surface area contributed by atoms with Crippen LogP contribution in [0.4, 0.5) is 0 Å². The Hall–Kier alpha value is -1.81. The van der Waals surface area contributed by atoms with Crippen molar-refractivity contribution in [2.24, 2.45) is 11.6 Å². The molecule has 1 rings (SSSR count). The van der Waals surface area contributed by atoms with E-state index in [1.165, 1.54) is 5.01 Å². The summed E-state index contributed by atoms with van der Waals surface area (Å²) in [4.78, 5) is 10.8. The number of allylic oxidation sites excluding steroid dienone is 1. The Morgan fingerprint density at radius 2 is 1.87 bits per heavy atom. The second kappa shape index (κ2) is 4.61. The molecular weight excluding hydrogens is 190 g/mol. The van der Waals surface area contributed by atoms with Crippen molar-refractivity contribution in [3.05, 3.63) is 41.1 Å². The van der Waals surface area contributed by atoms with Crippen molar-refractivity contribution in [2.75, 3.05) is 7.05 Å². The zero-order chi connectivity index (χ0) is 11.4. The summed E-state index contributed by atoms with van der Waals surface area (Å²) < 4.78 is 0. The molecule has 0 amide bonds. The first kappa shape index (κ1) is 11.3. The van der Waals surface area contributed by atoms with Crippen LogP contribution in [0.2, 0.25) is 0 Å². The second-order valence-electron chi connectivity index (χ2n) is 3.39. The van der Waals surface area contributed by atoms with Crippen LogP contribution in [0.3, 0.4) is 0 Å². The van der Waals surface area contributed by atoms with E-state index in [4.69, 9.17) is 11.6 Å². The van der Waals surface area contributed by atoms with Crippen molar-refractivity contribution >= 4 is 12.0 Å². The topological polar surface area (TPSA) is 72.4 Å². The average Bonchev–Trinajstić information content (AvgIpc) is 2.19. The Kier molecular flexibility index (Phi) is 3.46. The van der Waals surface area contributed by atoms with Crippen molar-refractivity contribution in [1.82, 2.24) is 5.01 Å². The SMILES string of the molecule is Cc1ccc(/C(N)=C(\C=O)N(C)N)cc1. The molecule has 0 aliphatic carbocycles. The summed E-state index contributed by atoms with van der Waals surface area (Å²) in [6.07, 6.45) is 0.648. The summed E-state index contributed by atoms with van der Waals surface area (Å²) in [5.41, 5.74) is 8.42. The summed E-state index contributed by atoms with van der Waals surface area (Å²) in [6, 6.07) is 7.58. The van der Waals surface area contributed by atoms with Gasteiger partial charge in [0.2, 0.25) is 0 Å². The van der Waals surface area contributed by atoms with Crippen LogP contribution in [0.5, 0.6) is 0 Å². The second-order valence-corrected chi connectivity index (χ2v) is 3.39. The molecule has 0 aromatic heterocycles. The van der Waals surface area contributed by atoms with Crippen LogP contribution in [0.1, 0.15) is 11.1 Å². The summed E-state index contributed by atoms with van der Waals surface area (Å²) in [6.45, 7) is 1.99. The van der Waals surface area contributed by atoms with Gasteiger partial charge in [0.25, 0.3) is 0 Å². The molecule has 0 bridgehead atoms. The van der Waals surface area contributed by atoms with Crippen molar-refractivity contribution in [2.45, 2.75) is 6.92 Å². The predicted molar refractivity (Wildman–Crippen MR) is 60.3 cm³/mol. The van der Waals surface area contributed by atoms with Crippen LogP contribution in [0, 0.1) is 6.92 Å². The van der Waals surface area contributed by atoms with Crippen molar-refractivity contribution in [3.63, 3.8) is 0 Å². The zero-order valence-corrected chi connectivity index (χ0v) is 8.90. The molecule has 80 valence electrons. The number of carbonyl (C=O) groups excluding carboxylic acids is 1. The van der Waals surface area contributed by atoms with E-state index in [1.807, 2.05) is 31.2 Å². The van der Waals surface area contributed by atoms with Crippen LogP contribution < -0.4 is 11.6 Å². The van der Waals surface area contributed by atoms with E-state index in [-0.39, 0.29) is 5.70 Å². The number of nitrogens with two attached hydrogens (primary N) is 2. The van der Waals surface area contributed by atoms with Gasteiger partial charge in [0.1, 0.15) is 5.70 Å². The molecule has 1 aromatic carbocycles. The first-order valence-electron chi connectivity index (χ1n) is 4.56. The summed E-state index contributed by atoms with van der Waals surface area (Å²) in [7, 11) is 1.57. The van der Waals surface area contributed by atoms with Gasteiger partial charge < -0.3 is 10.7 Å². The summed E-state index contributed by atoms with van der Waals surface area (Å²) in [5.74, 6) is 5.48. The third-order valence-corrected chi connectivity index (χ3v) is 2.13. The van der Waals surface area contributed by atoms with E-state index in [0.29, 0.717) is 12.0 Å². The Labute approximate surface area is 89.1 Å². The Balaban J connectivity index is 3.16. The molecule has 0 atom stereocenters. The third-order valence-electron chi connectivity index (χ3n) is 2.13. The molecule has 0 aliphatic heterocycles. The summed E-state index contributed by atoms with van der Waals surface area (Å²) >= 11 is 0. The van der Waals surface area contributed by atoms with Crippen molar-refractivity contribution in [1.29, 1.82) is 0 Å². The first-order valence-corrected chi connectivity index (χ1v) is 4.56. The molecule has 0 heterocycles. The number of benzene rings is 1. The lowest BCUT2D eigenvalue weighted by atomic mass is 10.1. The maximum absolute atomic E-state index is 10.8. The number of nitrogens with zero attached hydrogens (tertiary/aromatic N) is 1. The number of hydrogen-bond acceptors (Lipinski definition) is 4. The molecule has 0 aliphatic rings. The van der Waals surface area contributed by atoms with Gasteiger partial charge in [0.05, 0.1) is 5.70 Å². The molecule has 4 N–H and O–H groups in total. The fraction of sp³-hybridized carbons (Fsp3) is 0.182. The highest BCUT2D eigenvalue weighted by Crippen LogP contribution is 2.13. The molecule has 4 nitrogen and oxygen atoms in total. The monoisotopic (exact) mass is 205 g/mol. The standard InChI is InChI=1S/C11H15N3O/c1-8-3-5-9(6-4-8)11(12)10(7-15)14(2)13/h3-7H,12-13H2,1-2H3/b11-10-. The average molecular weight is 205 g/mol. The van der Waals surface area contributed by atoms with Gasteiger partial charge in [-0.05, 0) is 12.5 Å². The Morgan fingerprint density at radius 3 is 2.27 bits per heavy atom. The smallest absolute Gasteiger partial charge is 0.169 e. The minimum atomic E-state index is 0.277. The number of carbonyl (C=O) groups is 1. The van der Waals surface area contributed by atoms with Gasteiger partial charge in [0.15, 0.2) is 6.29 Å². The van der Waals surface area contributed by atoms with E-state index in [1.54, 1.807) is 7.05 Å². The quantitative estimate of drug-likeness (QED) is 0.328. The van der Waals surface area contributed by atoms with E-state index in [2.05, 4.69) is 0 Å². The van der Waals surface area contributed by atoms with Gasteiger partial charge in [-0.1, -0.05) is 29.8 Å². The normalized spacial score (nSPS) is 11.9. The van der Waals surface area contributed by atoms with E-state index in [0.717, 1.165) is 11.1 Å². The summed E-state index contributed by atoms with van der Waals surface area (Å²) in [5, 5.41) is 1.21. The highest BCUT2D eigenvalue weighted by atomic mass is 16.1. The number of hydrazine groups is 1. The van der Waals surface area contributed by atoms with Gasteiger partial charge in [-0.3, -0.25) is 4.79 Å². The highest BCUT2D eigenvalue weighted by molar-refractivity contribution is 5.86. The number of likely N-dealkylation sites (N-methyl/N-ethyl adjacent to an activating group) is 1. The van der Waals surface area contributed by atoms with Gasteiger partial charge in [-0.2, -0.15) is 0 Å². The van der Waals surface area contributed by atoms with Gasteiger partial charge in [0, 0.05) is 7.05 Å². The van der Waals surface area contributed by atoms with Crippen LogP contribution in [0.25, 0.3) is 5.70 Å². The molecule has 4 heteroatoms. The van der Waals surface area contributed by atoms with Gasteiger partial charge >= 0.3 is 0 Å². The maximum atomic E-state index is 10.8. The van der Waals surface area contributed by atoms with E-state index in [9.17, 15) is 4.79 Å². The van der Waals surface area contributed by atoms with Crippen LogP contribution >= 0.6 is 0 Å². The number of aldehydes is 1. The molecule has 0 spiro atoms. The molecular formula is C11H15N3O. The molecule has 1 aromatic rings. The third kappa shape index (κ3) is 2.57. The first-order chi connectivity index (χ1) is 7.06. The van der Waals surface area contributed by atoms with E-state index >= 15 is 0 Å². The molecule has 0 unspecified atom stereocenters. The fourth-order valence-corrected chi connectivity index (χ4v) is 1.22. The van der Waals surface area contributed by atoms with Crippen LogP contribution in [0.15, 0.2) is 30.0 Å². The van der Waals surface area contributed by atoms with Gasteiger partial charge in [-0.15, -0.1) is 0 Å². The van der Waals surface area contributed by atoms with E-state index < -0.39 is 0 Å². The van der Waals surface area contributed by atoms with Crippen molar-refractivity contribution < 1.29 is 4.79 Å². The highest BCUT2D eigenvalue weighted by Gasteiger charge is 2.07. The Bertz CT molecular complexity index is 379. The minimum Gasteiger partial charge on any atom is -0.396 e. The molecule has 0 saturated heterocycles. The van der Waals surface area contributed by atoms with Gasteiger partial charge in [-0.25, -0.2) is 5.84 Å². The lowest BCUT2D eigenvalue weighted by molar-refractivity contribution is -0.106. The largest absolute Gasteiger partial charge is 0.396 e.